The molecular formula is C15H17N5O4. The van der Waals surface area contributed by atoms with Crippen molar-refractivity contribution in [3.63, 3.8) is 0 Å². The number of nitriles is 1. The molecule has 0 heterocycles. The zero-order chi connectivity index (χ0) is 17.5. The summed E-state index contributed by atoms with van der Waals surface area (Å²) in [4.78, 5) is 20.5. The molecule has 0 radical (unpaired) electrons. The van der Waals surface area contributed by atoms with Crippen LogP contribution in [0.5, 0.6) is 0 Å². The maximum atomic E-state index is 11.1. The molecule has 1 atom stereocenters. The van der Waals surface area contributed by atoms with E-state index in [-0.39, 0.29) is 17.3 Å². The molecule has 1 aliphatic rings. The molecule has 0 bridgehead atoms. The lowest BCUT2D eigenvalue weighted by Crippen LogP contribution is -2.20. The highest BCUT2D eigenvalue weighted by Crippen LogP contribution is 2.30. The van der Waals surface area contributed by atoms with Crippen LogP contribution in [-0.4, -0.2) is 15.6 Å². The van der Waals surface area contributed by atoms with Gasteiger partial charge in [0.2, 0.25) is 0 Å². The first-order valence-electron chi connectivity index (χ1n) is 7.65. The first kappa shape index (κ1) is 17.3. The summed E-state index contributed by atoms with van der Waals surface area (Å²) in [5.74, 6) is 0.197. The summed E-state index contributed by atoms with van der Waals surface area (Å²) in [6.07, 6.45) is 4.97. The highest BCUT2D eigenvalue weighted by molar-refractivity contribution is 5.88. The van der Waals surface area contributed by atoms with Crippen LogP contribution in [0.2, 0.25) is 0 Å². The lowest BCUT2D eigenvalue weighted by Gasteiger charge is -2.23. The minimum absolute atomic E-state index is 0.114. The van der Waals surface area contributed by atoms with E-state index >= 15 is 0 Å². The third-order valence-electron chi connectivity index (χ3n) is 4.02. The smallest absolute Gasteiger partial charge is 0.272 e. The SMILES string of the molecule is N#CCCC1CCCC/C1=N/Nc1ccc([N+](=O)[O-])cc1[N+](=O)[O-]. The number of hydrogen-bond donors (Lipinski definition) is 1. The first-order valence-corrected chi connectivity index (χ1v) is 7.65. The van der Waals surface area contributed by atoms with Gasteiger partial charge in [0.1, 0.15) is 5.69 Å². The van der Waals surface area contributed by atoms with Crippen molar-refractivity contribution >= 4 is 22.8 Å². The number of benzene rings is 1. The van der Waals surface area contributed by atoms with Gasteiger partial charge in [-0.3, -0.25) is 25.7 Å². The fraction of sp³-hybridized carbons (Fsp3) is 0.467. The van der Waals surface area contributed by atoms with Crippen molar-refractivity contribution in [3.05, 3.63) is 38.4 Å². The van der Waals surface area contributed by atoms with Crippen LogP contribution < -0.4 is 5.43 Å². The monoisotopic (exact) mass is 331 g/mol. The van der Waals surface area contributed by atoms with Gasteiger partial charge >= 0.3 is 5.69 Å². The number of nitrogens with one attached hydrogen (secondary N) is 1. The predicted molar refractivity (Wildman–Crippen MR) is 87.6 cm³/mol. The van der Waals surface area contributed by atoms with Gasteiger partial charge in [-0.25, -0.2) is 0 Å². The molecule has 1 aromatic rings. The molecule has 1 unspecified atom stereocenters. The van der Waals surface area contributed by atoms with Crippen molar-refractivity contribution in [2.75, 3.05) is 5.43 Å². The summed E-state index contributed by atoms with van der Waals surface area (Å²) in [5, 5.41) is 34.9. The molecule has 0 aromatic heterocycles. The van der Waals surface area contributed by atoms with Gasteiger partial charge in [0.15, 0.2) is 0 Å². The van der Waals surface area contributed by atoms with Crippen LogP contribution in [0.15, 0.2) is 23.3 Å². The molecule has 1 fully saturated rings. The van der Waals surface area contributed by atoms with Crippen molar-refractivity contribution in [3.8, 4) is 6.07 Å². The number of nitro groups is 2. The Kier molecular flexibility index (Phi) is 5.78. The third-order valence-corrected chi connectivity index (χ3v) is 4.02. The average molecular weight is 331 g/mol. The normalized spacial score (nSPS) is 18.8. The largest absolute Gasteiger partial charge is 0.301 e. The molecule has 0 aliphatic heterocycles. The summed E-state index contributed by atoms with van der Waals surface area (Å²) in [7, 11) is 0. The minimum Gasteiger partial charge on any atom is -0.272 e. The number of anilines is 1. The molecule has 1 aromatic carbocycles. The Morgan fingerprint density at radius 2 is 2.08 bits per heavy atom. The molecule has 9 nitrogen and oxygen atoms in total. The number of hydrogen-bond acceptors (Lipinski definition) is 7. The Bertz CT molecular complexity index is 710. The molecule has 1 N–H and O–H groups in total. The van der Waals surface area contributed by atoms with Crippen LogP contribution in [0.25, 0.3) is 0 Å². The lowest BCUT2D eigenvalue weighted by atomic mass is 9.84. The number of hydrazone groups is 1. The van der Waals surface area contributed by atoms with Crippen LogP contribution in [0.4, 0.5) is 17.1 Å². The zero-order valence-electron chi connectivity index (χ0n) is 13.0. The molecule has 1 aliphatic carbocycles. The highest BCUT2D eigenvalue weighted by atomic mass is 16.6. The summed E-state index contributed by atoms with van der Waals surface area (Å²) >= 11 is 0. The minimum atomic E-state index is -0.679. The zero-order valence-corrected chi connectivity index (χ0v) is 13.0. The van der Waals surface area contributed by atoms with E-state index in [1.165, 1.54) is 12.1 Å². The van der Waals surface area contributed by atoms with E-state index in [2.05, 4.69) is 16.6 Å². The fourth-order valence-electron chi connectivity index (χ4n) is 2.78. The summed E-state index contributed by atoms with van der Waals surface area (Å²) in [6, 6.07) is 5.52. The van der Waals surface area contributed by atoms with Crippen molar-refractivity contribution in [2.45, 2.75) is 38.5 Å². The lowest BCUT2D eigenvalue weighted by molar-refractivity contribution is -0.393. The maximum absolute atomic E-state index is 11.1. The first-order chi connectivity index (χ1) is 11.5. The van der Waals surface area contributed by atoms with Gasteiger partial charge < -0.3 is 0 Å². The molecule has 126 valence electrons. The molecular weight excluding hydrogens is 314 g/mol. The van der Waals surface area contributed by atoms with Gasteiger partial charge in [-0.2, -0.15) is 10.4 Å². The van der Waals surface area contributed by atoms with Crippen LogP contribution in [-0.2, 0) is 0 Å². The van der Waals surface area contributed by atoms with E-state index in [0.29, 0.717) is 6.42 Å². The Morgan fingerprint density at radius 1 is 1.29 bits per heavy atom. The average Bonchev–Trinajstić information content (AvgIpc) is 2.58. The quantitative estimate of drug-likeness (QED) is 0.622. The van der Waals surface area contributed by atoms with Gasteiger partial charge in [-0.05, 0) is 31.7 Å². The Labute approximate surface area is 138 Å². The Hall–Kier alpha value is -3.02. The topological polar surface area (TPSA) is 134 Å². The molecule has 9 heteroatoms. The van der Waals surface area contributed by atoms with E-state index in [4.69, 9.17) is 5.26 Å². The Balaban J connectivity index is 2.21. The van der Waals surface area contributed by atoms with Crippen LogP contribution in [0.3, 0.4) is 0 Å². The van der Waals surface area contributed by atoms with E-state index in [0.717, 1.165) is 43.9 Å². The molecule has 24 heavy (non-hydrogen) atoms. The second-order valence-electron chi connectivity index (χ2n) is 5.57. The van der Waals surface area contributed by atoms with Crippen LogP contribution in [0.1, 0.15) is 38.5 Å². The van der Waals surface area contributed by atoms with Gasteiger partial charge in [-0.15, -0.1) is 0 Å². The van der Waals surface area contributed by atoms with E-state index in [9.17, 15) is 20.2 Å². The van der Waals surface area contributed by atoms with Crippen molar-refractivity contribution in [1.29, 1.82) is 5.26 Å². The molecule has 0 amide bonds. The predicted octanol–water partition coefficient (Wildman–Crippen LogP) is 3.76. The highest BCUT2D eigenvalue weighted by Gasteiger charge is 2.22. The second-order valence-corrected chi connectivity index (χ2v) is 5.57. The van der Waals surface area contributed by atoms with E-state index < -0.39 is 15.5 Å². The van der Waals surface area contributed by atoms with Gasteiger partial charge in [0.05, 0.1) is 22.0 Å². The third kappa shape index (κ3) is 4.25. The Morgan fingerprint density at radius 3 is 2.75 bits per heavy atom. The number of non-ortho nitro benzene ring substituents is 1. The summed E-state index contributed by atoms with van der Waals surface area (Å²) in [5.41, 5.74) is 2.95. The fourth-order valence-corrected chi connectivity index (χ4v) is 2.78. The summed E-state index contributed by atoms with van der Waals surface area (Å²) < 4.78 is 0. The number of nitro benzene ring substituents is 2. The van der Waals surface area contributed by atoms with Gasteiger partial charge in [0, 0.05) is 24.1 Å². The standard InChI is InChI=1S/C15H17N5O4/c16-9-3-5-11-4-1-2-6-13(11)17-18-14-8-7-12(19(21)22)10-15(14)20(23)24/h7-8,10-11,18H,1-6H2/b17-13-. The summed E-state index contributed by atoms with van der Waals surface area (Å²) in [6.45, 7) is 0. The van der Waals surface area contributed by atoms with Crippen molar-refractivity contribution < 1.29 is 9.85 Å². The molecule has 1 saturated carbocycles. The van der Waals surface area contributed by atoms with E-state index in [1.807, 2.05) is 0 Å². The maximum Gasteiger partial charge on any atom is 0.301 e. The van der Waals surface area contributed by atoms with Crippen LogP contribution in [0, 0.1) is 37.5 Å². The van der Waals surface area contributed by atoms with Crippen molar-refractivity contribution in [2.24, 2.45) is 11.0 Å². The van der Waals surface area contributed by atoms with E-state index in [1.54, 1.807) is 0 Å². The number of nitrogens with zero attached hydrogens (tertiary/aromatic N) is 4. The molecule has 0 saturated heterocycles. The number of rotatable bonds is 6. The molecule has 2 rings (SSSR count). The molecule has 0 spiro atoms. The van der Waals surface area contributed by atoms with Crippen LogP contribution >= 0.6 is 0 Å². The van der Waals surface area contributed by atoms with Gasteiger partial charge in [-0.1, -0.05) is 6.42 Å². The van der Waals surface area contributed by atoms with Gasteiger partial charge in [0.25, 0.3) is 5.69 Å². The van der Waals surface area contributed by atoms with Crippen molar-refractivity contribution in [1.82, 2.24) is 0 Å². The second kappa shape index (κ2) is 8.01.